The molecule has 2 unspecified atom stereocenters. The lowest BCUT2D eigenvalue weighted by molar-refractivity contribution is -0.173. The van der Waals surface area contributed by atoms with E-state index in [0.717, 1.165) is 12.8 Å². The van der Waals surface area contributed by atoms with E-state index in [1.807, 2.05) is 27.7 Å². The minimum atomic E-state index is -0.790. The van der Waals surface area contributed by atoms with Gasteiger partial charge in [-0.15, -0.1) is 0 Å². The van der Waals surface area contributed by atoms with Crippen molar-refractivity contribution < 1.29 is 19.1 Å². The van der Waals surface area contributed by atoms with Crippen molar-refractivity contribution in [1.29, 1.82) is 0 Å². The summed E-state index contributed by atoms with van der Waals surface area (Å²) in [6, 6.07) is 0. The first kappa shape index (κ1) is 15.9. The SMILES string of the molecule is CCCC(C)C(=O)OC(C(=O)OCC)C(C)C. The summed E-state index contributed by atoms with van der Waals surface area (Å²) in [5.74, 6) is -1.03. The van der Waals surface area contributed by atoms with Crippen LogP contribution in [0.2, 0.25) is 0 Å². The summed E-state index contributed by atoms with van der Waals surface area (Å²) in [5, 5.41) is 0. The van der Waals surface area contributed by atoms with Gasteiger partial charge < -0.3 is 9.47 Å². The van der Waals surface area contributed by atoms with Crippen molar-refractivity contribution in [2.75, 3.05) is 6.61 Å². The van der Waals surface area contributed by atoms with Gasteiger partial charge in [0.05, 0.1) is 12.5 Å². The summed E-state index contributed by atoms with van der Waals surface area (Å²) in [6.45, 7) is 9.52. The fraction of sp³-hybridized carbons (Fsp3) is 0.846. The van der Waals surface area contributed by atoms with E-state index < -0.39 is 12.1 Å². The highest BCUT2D eigenvalue weighted by Crippen LogP contribution is 2.14. The van der Waals surface area contributed by atoms with Gasteiger partial charge in [0.25, 0.3) is 0 Å². The fourth-order valence-electron chi connectivity index (χ4n) is 1.47. The first-order chi connectivity index (χ1) is 7.93. The molecule has 0 saturated carbocycles. The van der Waals surface area contributed by atoms with Crippen molar-refractivity contribution in [3.63, 3.8) is 0 Å². The average Bonchev–Trinajstić information content (AvgIpc) is 2.25. The molecule has 2 atom stereocenters. The monoisotopic (exact) mass is 244 g/mol. The smallest absolute Gasteiger partial charge is 0.347 e. The molecule has 17 heavy (non-hydrogen) atoms. The minimum absolute atomic E-state index is 0.0770. The zero-order chi connectivity index (χ0) is 13.4. The lowest BCUT2D eigenvalue weighted by Gasteiger charge is -2.21. The molecule has 0 heterocycles. The molecular weight excluding hydrogens is 220 g/mol. The second kappa shape index (κ2) is 8.09. The first-order valence-corrected chi connectivity index (χ1v) is 6.31. The molecule has 4 nitrogen and oxygen atoms in total. The van der Waals surface area contributed by atoms with E-state index in [2.05, 4.69) is 0 Å². The second-order valence-corrected chi connectivity index (χ2v) is 4.54. The van der Waals surface area contributed by atoms with Gasteiger partial charge in [0.15, 0.2) is 0 Å². The molecule has 0 aliphatic carbocycles. The number of hydrogen-bond acceptors (Lipinski definition) is 4. The number of ether oxygens (including phenoxy) is 2. The Kier molecular flexibility index (Phi) is 7.59. The number of esters is 2. The molecule has 0 radical (unpaired) electrons. The molecule has 0 aliphatic rings. The van der Waals surface area contributed by atoms with Gasteiger partial charge in [-0.1, -0.05) is 34.1 Å². The van der Waals surface area contributed by atoms with Crippen LogP contribution in [0.4, 0.5) is 0 Å². The van der Waals surface area contributed by atoms with E-state index in [-0.39, 0.29) is 17.8 Å². The molecule has 0 aromatic rings. The van der Waals surface area contributed by atoms with E-state index in [0.29, 0.717) is 6.61 Å². The third-order valence-corrected chi connectivity index (χ3v) is 2.49. The van der Waals surface area contributed by atoms with Gasteiger partial charge in [-0.2, -0.15) is 0 Å². The zero-order valence-electron chi connectivity index (χ0n) is 11.5. The summed E-state index contributed by atoms with van der Waals surface area (Å²) in [7, 11) is 0. The second-order valence-electron chi connectivity index (χ2n) is 4.54. The Morgan fingerprint density at radius 3 is 2.06 bits per heavy atom. The molecule has 0 N–H and O–H groups in total. The van der Waals surface area contributed by atoms with Crippen LogP contribution in [0.1, 0.15) is 47.5 Å². The Bertz CT molecular complexity index is 248. The molecule has 0 aromatic carbocycles. The third-order valence-electron chi connectivity index (χ3n) is 2.49. The predicted octanol–water partition coefficient (Wildman–Crippen LogP) is 2.55. The molecule has 0 amide bonds. The van der Waals surface area contributed by atoms with E-state index in [1.165, 1.54) is 0 Å². The lowest BCUT2D eigenvalue weighted by atomic mass is 10.1. The van der Waals surface area contributed by atoms with Crippen molar-refractivity contribution in [2.24, 2.45) is 11.8 Å². The van der Waals surface area contributed by atoms with Crippen LogP contribution in [-0.2, 0) is 19.1 Å². The van der Waals surface area contributed by atoms with Crippen LogP contribution in [0.3, 0.4) is 0 Å². The van der Waals surface area contributed by atoms with Gasteiger partial charge >= 0.3 is 11.9 Å². The number of hydrogen-bond donors (Lipinski definition) is 0. The Morgan fingerprint density at radius 2 is 1.65 bits per heavy atom. The Morgan fingerprint density at radius 1 is 1.06 bits per heavy atom. The molecule has 0 aliphatic heterocycles. The van der Waals surface area contributed by atoms with Gasteiger partial charge in [-0.3, -0.25) is 4.79 Å². The molecular formula is C13H24O4. The number of carbonyl (C=O) groups excluding carboxylic acids is 2. The van der Waals surface area contributed by atoms with Crippen LogP contribution < -0.4 is 0 Å². The van der Waals surface area contributed by atoms with Crippen molar-refractivity contribution in [1.82, 2.24) is 0 Å². The third kappa shape index (κ3) is 5.71. The number of rotatable bonds is 7. The minimum Gasteiger partial charge on any atom is -0.463 e. The van der Waals surface area contributed by atoms with Crippen LogP contribution in [0.15, 0.2) is 0 Å². The van der Waals surface area contributed by atoms with E-state index >= 15 is 0 Å². The predicted molar refractivity (Wildman–Crippen MR) is 65.4 cm³/mol. The van der Waals surface area contributed by atoms with Crippen molar-refractivity contribution in [3.8, 4) is 0 Å². The summed E-state index contributed by atoms with van der Waals surface area (Å²) in [5.41, 5.74) is 0. The number of carbonyl (C=O) groups is 2. The standard InChI is InChI=1S/C13H24O4/c1-6-8-10(5)12(14)17-11(9(3)4)13(15)16-7-2/h9-11H,6-8H2,1-5H3. The lowest BCUT2D eigenvalue weighted by Crippen LogP contribution is -2.35. The van der Waals surface area contributed by atoms with Gasteiger partial charge in [0.2, 0.25) is 6.10 Å². The highest BCUT2D eigenvalue weighted by atomic mass is 16.6. The fourth-order valence-corrected chi connectivity index (χ4v) is 1.47. The molecule has 100 valence electrons. The van der Waals surface area contributed by atoms with Crippen LogP contribution in [0.25, 0.3) is 0 Å². The maximum absolute atomic E-state index is 11.7. The molecule has 4 heteroatoms. The van der Waals surface area contributed by atoms with Gasteiger partial charge in [0.1, 0.15) is 0 Å². The van der Waals surface area contributed by atoms with E-state index in [4.69, 9.17) is 9.47 Å². The van der Waals surface area contributed by atoms with E-state index in [9.17, 15) is 9.59 Å². The van der Waals surface area contributed by atoms with Crippen molar-refractivity contribution in [3.05, 3.63) is 0 Å². The molecule has 0 saturated heterocycles. The summed E-state index contributed by atoms with van der Waals surface area (Å²) in [4.78, 5) is 23.3. The van der Waals surface area contributed by atoms with Crippen molar-refractivity contribution >= 4 is 11.9 Å². The van der Waals surface area contributed by atoms with Crippen LogP contribution in [0, 0.1) is 11.8 Å². The summed E-state index contributed by atoms with van der Waals surface area (Å²) < 4.78 is 10.1. The largest absolute Gasteiger partial charge is 0.463 e. The zero-order valence-corrected chi connectivity index (χ0v) is 11.5. The maximum atomic E-state index is 11.7. The van der Waals surface area contributed by atoms with Gasteiger partial charge in [-0.05, 0) is 13.3 Å². The molecule has 0 rings (SSSR count). The van der Waals surface area contributed by atoms with E-state index in [1.54, 1.807) is 6.92 Å². The molecule has 0 spiro atoms. The molecule has 0 bridgehead atoms. The summed E-state index contributed by atoms with van der Waals surface area (Å²) in [6.07, 6.45) is 0.899. The highest BCUT2D eigenvalue weighted by molar-refractivity contribution is 5.80. The van der Waals surface area contributed by atoms with Gasteiger partial charge in [0, 0.05) is 5.92 Å². The molecule has 0 fully saturated rings. The van der Waals surface area contributed by atoms with Crippen LogP contribution in [-0.4, -0.2) is 24.6 Å². The Balaban J connectivity index is 4.44. The average molecular weight is 244 g/mol. The Labute approximate surface area is 104 Å². The summed E-state index contributed by atoms with van der Waals surface area (Å²) >= 11 is 0. The van der Waals surface area contributed by atoms with Crippen LogP contribution >= 0.6 is 0 Å². The highest BCUT2D eigenvalue weighted by Gasteiger charge is 2.29. The maximum Gasteiger partial charge on any atom is 0.347 e. The quantitative estimate of drug-likeness (QED) is 0.646. The normalized spacial score (nSPS) is 14.2. The van der Waals surface area contributed by atoms with Gasteiger partial charge in [-0.25, -0.2) is 4.79 Å². The van der Waals surface area contributed by atoms with Crippen LogP contribution in [0.5, 0.6) is 0 Å². The molecule has 0 aromatic heterocycles. The Hall–Kier alpha value is -1.06. The topological polar surface area (TPSA) is 52.6 Å². The first-order valence-electron chi connectivity index (χ1n) is 6.31. The van der Waals surface area contributed by atoms with Crippen molar-refractivity contribution in [2.45, 2.75) is 53.6 Å².